The van der Waals surface area contributed by atoms with E-state index >= 15 is 0 Å². The molecule has 0 aliphatic heterocycles. The number of alkyl halides is 3. The summed E-state index contributed by atoms with van der Waals surface area (Å²) in [7, 11) is 0. The van der Waals surface area contributed by atoms with Crippen molar-refractivity contribution in [1.29, 1.82) is 5.26 Å². The molecule has 0 atom stereocenters. The number of hydrogen-bond acceptors (Lipinski definition) is 7. The first-order valence-corrected chi connectivity index (χ1v) is 9.33. The SMILES string of the molecule is Cc1c(C(=O)N/N=C/c2ccccc2[N+](=O)[O-])nn(-c2cccc(C(F)(F)F)c2)c(=O)c1C#N. The monoisotopic (exact) mass is 470 g/mol. The molecule has 34 heavy (non-hydrogen) atoms. The maximum absolute atomic E-state index is 13.1. The number of nitro groups is 1. The van der Waals surface area contributed by atoms with Crippen LogP contribution in [0.4, 0.5) is 18.9 Å². The van der Waals surface area contributed by atoms with Crippen LogP contribution in [0, 0.1) is 28.4 Å². The third-order valence-corrected chi connectivity index (χ3v) is 4.58. The lowest BCUT2D eigenvalue weighted by Crippen LogP contribution is -2.31. The summed E-state index contributed by atoms with van der Waals surface area (Å²) in [6.07, 6.45) is -3.68. The lowest BCUT2D eigenvalue weighted by molar-refractivity contribution is -0.385. The number of nitrogens with one attached hydrogen (secondary N) is 1. The Morgan fingerprint density at radius 3 is 2.62 bits per heavy atom. The molecule has 3 rings (SSSR count). The number of rotatable bonds is 5. The minimum atomic E-state index is -4.70. The molecule has 0 saturated carbocycles. The van der Waals surface area contributed by atoms with Gasteiger partial charge in [0.1, 0.15) is 11.6 Å². The van der Waals surface area contributed by atoms with Gasteiger partial charge in [0.2, 0.25) is 0 Å². The second-order valence-corrected chi connectivity index (χ2v) is 6.74. The van der Waals surface area contributed by atoms with Crippen molar-refractivity contribution in [3.05, 3.63) is 96.9 Å². The van der Waals surface area contributed by atoms with Crippen molar-refractivity contribution in [3.63, 3.8) is 0 Å². The summed E-state index contributed by atoms with van der Waals surface area (Å²) < 4.78 is 39.7. The van der Waals surface area contributed by atoms with Gasteiger partial charge in [-0.25, -0.2) is 5.43 Å². The fourth-order valence-electron chi connectivity index (χ4n) is 2.92. The number of halogens is 3. The van der Waals surface area contributed by atoms with E-state index in [4.69, 9.17) is 0 Å². The highest BCUT2D eigenvalue weighted by atomic mass is 19.4. The molecule has 172 valence electrons. The van der Waals surface area contributed by atoms with E-state index in [9.17, 15) is 38.1 Å². The Kier molecular flexibility index (Phi) is 6.53. The van der Waals surface area contributed by atoms with Gasteiger partial charge in [-0.15, -0.1) is 0 Å². The fourth-order valence-corrected chi connectivity index (χ4v) is 2.92. The molecule has 0 fully saturated rings. The highest BCUT2D eigenvalue weighted by Crippen LogP contribution is 2.30. The Morgan fingerprint density at radius 2 is 1.97 bits per heavy atom. The Balaban J connectivity index is 2.02. The molecule has 1 amide bonds. The van der Waals surface area contributed by atoms with Crippen LogP contribution in [-0.4, -0.2) is 26.8 Å². The Morgan fingerprint density at radius 1 is 1.26 bits per heavy atom. The fraction of sp³-hybridized carbons (Fsp3) is 0.0952. The summed E-state index contributed by atoms with van der Waals surface area (Å²) >= 11 is 0. The predicted octanol–water partition coefficient (Wildman–Crippen LogP) is 3.10. The zero-order chi connectivity index (χ0) is 25.0. The average molecular weight is 470 g/mol. The Labute approximate surface area is 188 Å². The van der Waals surface area contributed by atoms with E-state index in [0.29, 0.717) is 10.7 Å². The molecule has 1 heterocycles. The van der Waals surface area contributed by atoms with Crippen LogP contribution in [0.15, 0.2) is 58.4 Å². The molecule has 0 aliphatic rings. The van der Waals surface area contributed by atoms with Crippen molar-refractivity contribution in [1.82, 2.24) is 15.2 Å². The minimum Gasteiger partial charge on any atom is -0.266 e. The molecule has 1 aromatic heterocycles. The van der Waals surface area contributed by atoms with Crippen LogP contribution in [0.5, 0.6) is 0 Å². The molecule has 13 heteroatoms. The third-order valence-electron chi connectivity index (χ3n) is 4.58. The maximum Gasteiger partial charge on any atom is 0.416 e. The number of amides is 1. The van der Waals surface area contributed by atoms with Crippen LogP contribution in [-0.2, 0) is 6.18 Å². The van der Waals surface area contributed by atoms with Crippen LogP contribution in [0.1, 0.15) is 32.7 Å². The van der Waals surface area contributed by atoms with E-state index in [2.05, 4.69) is 15.6 Å². The van der Waals surface area contributed by atoms with E-state index in [0.717, 1.165) is 24.4 Å². The number of nitriles is 1. The highest BCUT2D eigenvalue weighted by Gasteiger charge is 2.31. The number of hydrogen-bond donors (Lipinski definition) is 1. The smallest absolute Gasteiger partial charge is 0.266 e. The molecule has 0 aliphatic carbocycles. The average Bonchev–Trinajstić information content (AvgIpc) is 2.79. The summed E-state index contributed by atoms with van der Waals surface area (Å²) in [6, 6.07) is 10.9. The van der Waals surface area contributed by atoms with Crippen LogP contribution in [0.25, 0.3) is 5.69 Å². The molecule has 1 N–H and O–H groups in total. The molecule has 0 unspecified atom stereocenters. The summed E-state index contributed by atoms with van der Waals surface area (Å²) in [6.45, 7) is 1.27. The van der Waals surface area contributed by atoms with Gasteiger partial charge in [0.15, 0.2) is 5.69 Å². The van der Waals surface area contributed by atoms with Crippen molar-refractivity contribution in [2.75, 3.05) is 0 Å². The highest BCUT2D eigenvalue weighted by molar-refractivity contribution is 5.95. The quantitative estimate of drug-likeness (QED) is 0.345. The first kappa shape index (κ1) is 23.8. The molecular weight excluding hydrogens is 457 g/mol. The predicted molar refractivity (Wildman–Crippen MR) is 112 cm³/mol. The second kappa shape index (κ2) is 9.33. The largest absolute Gasteiger partial charge is 0.416 e. The molecule has 10 nitrogen and oxygen atoms in total. The van der Waals surface area contributed by atoms with Crippen molar-refractivity contribution in [2.24, 2.45) is 5.10 Å². The molecule has 2 aromatic carbocycles. The molecule has 0 saturated heterocycles. The number of para-hydroxylation sites is 1. The number of benzene rings is 2. The summed E-state index contributed by atoms with van der Waals surface area (Å²) in [5.41, 5.74) is -1.55. The second-order valence-electron chi connectivity index (χ2n) is 6.74. The Bertz CT molecular complexity index is 1420. The van der Waals surface area contributed by atoms with E-state index in [1.54, 1.807) is 6.07 Å². The number of nitro benzene ring substituents is 1. The normalized spacial score (nSPS) is 11.3. The van der Waals surface area contributed by atoms with Crippen molar-refractivity contribution in [2.45, 2.75) is 13.1 Å². The number of nitrogens with zero attached hydrogens (tertiary/aromatic N) is 5. The summed E-state index contributed by atoms with van der Waals surface area (Å²) in [4.78, 5) is 35.7. The van der Waals surface area contributed by atoms with Gasteiger partial charge in [-0.2, -0.15) is 33.3 Å². The van der Waals surface area contributed by atoms with E-state index in [1.807, 2.05) is 0 Å². The molecule has 3 aromatic rings. The topological polar surface area (TPSA) is 143 Å². The lowest BCUT2D eigenvalue weighted by Gasteiger charge is -2.12. The van der Waals surface area contributed by atoms with Crippen LogP contribution < -0.4 is 11.0 Å². The van der Waals surface area contributed by atoms with Gasteiger partial charge in [-0.1, -0.05) is 18.2 Å². The third kappa shape index (κ3) is 4.80. The molecule has 0 bridgehead atoms. The molecule has 0 radical (unpaired) electrons. The van der Waals surface area contributed by atoms with Gasteiger partial charge < -0.3 is 0 Å². The minimum absolute atomic E-state index is 0.0872. The summed E-state index contributed by atoms with van der Waals surface area (Å²) in [5, 5.41) is 27.9. The Hall–Kier alpha value is -4.86. The van der Waals surface area contributed by atoms with Gasteiger partial charge in [-0.05, 0) is 31.2 Å². The van der Waals surface area contributed by atoms with Gasteiger partial charge in [0.25, 0.3) is 17.2 Å². The van der Waals surface area contributed by atoms with Gasteiger partial charge in [0, 0.05) is 11.6 Å². The molecule has 0 spiro atoms. The van der Waals surface area contributed by atoms with Crippen LogP contribution >= 0.6 is 0 Å². The maximum atomic E-state index is 13.1. The van der Waals surface area contributed by atoms with Crippen molar-refractivity contribution in [3.8, 4) is 11.8 Å². The van der Waals surface area contributed by atoms with Crippen molar-refractivity contribution >= 4 is 17.8 Å². The van der Waals surface area contributed by atoms with Crippen molar-refractivity contribution < 1.29 is 22.9 Å². The number of carbonyl (C=O) groups excluding carboxylic acids is 1. The van der Waals surface area contributed by atoms with Gasteiger partial charge in [0.05, 0.1) is 28.0 Å². The zero-order valence-corrected chi connectivity index (χ0v) is 17.2. The van der Waals surface area contributed by atoms with E-state index in [-0.39, 0.29) is 22.5 Å². The van der Waals surface area contributed by atoms with Crippen LogP contribution in [0.3, 0.4) is 0 Å². The van der Waals surface area contributed by atoms with E-state index < -0.39 is 39.4 Å². The lowest BCUT2D eigenvalue weighted by atomic mass is 10.1. The van der Waals surface area contributed by atoms with Gasteiger partial charge in [-0.3, -0.25) is 19.7 Å². The summed E-state index contributed by atoms with van der Waals surface area (Å²) in [5.74, 6) is -0.996. The zero-order valence-electron chi connectivity index (χ0n) is 17.2. The first-order valence-electron chi connectivity index (χ1n) is 9.33. The number of aromatic nitrogens is 2. The van der Waals surface area contributed by atoms with Crippen LogP contribution in [0.2, 0.25) is 0 Å². The molecular formula is C21H13F3N6O4. The van der Waals surface area contributed by atoms with Gasteiger partial charge >= 0.3 is 6.18 Å². The standard InChI is InChI=1S/C21H13F3N6O4/c1-12-16(10-25)20(32)29(15-7-4-6-14(9-15)21(22,23)24)28-18(12)19(31)27-26-11-13-5-2-3-8-17(13)30(33)34/h2-9,11H,1H3,(H,27,31)/b26-11+. The van der Waals surface area contributed by atoms with E-state index in [1.165, 1.54) is 31.2 Å². The number of carbonyl (C=O) groups is 1. The number of hydrazone groups is 1. The first-order chi connectivity index (χ1) is 16.0.